The van der Waals surface area contributed by atoms with Gasteiger partial charge in [-0.25, -0.2) is 4.79 Å². The molecule has 1 rings (SSSR count). The number of carbonyl (C=O) groups excluding carboxylic acids is 1. The van der Waals surface area contributed by atoms with Crippen molar-refractivity contribution >= 4 is 21.9 Å². The average Bonchev–Trinajstić information content (AvgIpc) is 2.31. The van der Waals surface area contributed by atoms with E-state index in [4.69, 9.17) is 14.2 Å². The first-order valence-corrected chi connectivity index (χ1v) is 5.80. The van der Waals surface area contributed by atoms with Crippen LogP contribution in [0.2, 0.25) is 0 Å². The summed E-state index contributed by atoms with van der Waals surface area (Å²) in [6.45, 7) is 2.09. The lowest BCUT2D eigenvalue weighted by Gasteiger charge is -2.05. The number of halogens is 1. The fourth-order valence-electron chi connectivity index (χ4n) is 1.06. The first-order chi connectivity index (χ1) is 8.17. The molecule has 0 spiro atoms. The SMILES string of the molecule is CCOC(=O)/C=C/Oc1ccc(OC)cc1Br. The van der Waals surface area contributed by atoms with E-state index in [0.717, 1.165) is 10.2 Å². The van der Waals surface area contributed by atoms with Crippen molar-refractivity contribution in [3.8, 4) is 11.5 Å². The third-order valence-electron chi connectivity index (χ3n) is 1.82. The molecule has 0 bridgehead atoms. The first-order valence-electron chi connectivity index (χ1n) is 5.01. The van der Waals surface area contributed by atoms with Crippen LogP contribution in [0.15, 0.2) is 35.0 Å². The molecule has 5 heteroatoms. The maximum atomic E-state index is 11.0. The third kappa shape index (κ3) is 4.48. The van der Waals surface area contributed by atoms with Gasteiger partial charge in [0, 0.05) is 0 Å². The molecule has 0 aliphatic rings. The van der Waals surface area contributed by atoms with E-state index in [1.807, 2.05) is 0 Å². The number of esters is 1. The van der Waals surface area contributed by atoms with Crippen LogP contribution in [0.3, 0.4) is 0 Å². The summed E-state index contributed by atoms with van der Waals surface area (Å²) in [5, 5.41) is 0. The largest absolute Gasteiger partial charge is 0.497 e. The summed E-state index contributed by atoms with van der Waals surface area (Å²) in [4.78, 5) is 11.0. The quantitative estimate of drug-likeness (QED) is 0.476. The molecule has 4 nitrogen and oxygen atoms in total. The lowest BCUT2D eigenvalue weighted by Crippen LogP contribution is -1.99. The van der Waals surface area contributed by atoms with Crippen molar-refractivity contribution in [2.75, 3.05) is 13.7 Å². The Bertz CT molecular complexity index is 415. The molecule has 0 heterocycles. The highest BCUT2D eigenvalue weighted by Gasteiger charge is 2.02. The minimum absolute atomic E-state index is 0.343. The van der Waals surface area contributed by atoms with Crippen molar-refractivity contribution in [3.05, 3.63) is 35.0 Å². The zero-order chi connectivity index (χ0) is 12.7. The van der Waals surface area contributed by atoms with Gasteiger partial charge in [-0.1, -0.05) is 0 Å². The van der Waals surface area contributed by atoms with Crippen molar-refractivity contribution in [1.29, 1.82) is 0 Å². The van der Waals surface area contributed by atoms with Crippen LogP contribution in [0.4, 0.5) is 0 Å². The van der Waals surface area contributed by atoms with E-state index in [0.29, 0.717) is 12.4 Å². The topological polar surface area (TPSA) is 44.8 Å². The Morgan fingerprint density at radius 1 is 1.47 bits per heavy atom. The van der Waals surface area contributed by atoms with Crippen molar-refractivity contribution in [2.45, 2.75) is 6.92 Å². The lowest BCUT2D eigenvalue weighted by molar-refractivity contribution is -0.137. The Balaban J connectivity index is 2.60. The molecule has 0 aliphatic carbocycles. The molecule has 17 heavy (non-hydrogen) atoms. The number of carbonyl (C=O) groups is 1. The summed E-state index contributed by atoms with van der Waals surface area (Å²) in [5.41, 5.74) is 0. The average molecular weight is 301 g/mol. The zero-order valence-electron chi connectivity index (χ0n) is 9.60. The van der Waals surface area contributed by atoms with E-state index in [9.17, 15) is 4.79 Å². The number of ether oxygens (including phenoxy) is 3. The van der Waals surface area contributed by atoms with Gasteiger partial charge in [0.2, 0.25) is 0 Å². The van der Waals surface area contributed by atoms with E-state index in [-0.39, 0.29) is 0 Å². The summed E-state index contributed by atoms with van der Waals surface area (Å²) in [5.74, 6) is 0.877. The van der Waals surface area contributed by atoms with Crippen LogP contribution >= 0.6 is 15.9 Å². The lowest BCUT2D eigenvalue weighted by atomic mass is 10.3. The molecule has 0 fully saturated rings. The van der Waals surface area contributed by atoms with Crippen molar-refractivity contribution in [2.24, 2.45) is 0 Å². The van der Waals surface area contributed by atoms with Gasteiger partial charge >= 0.3 is 5.97 Å². The molecule has 0 saturated heterocycles. The van der Waals surface area contributed by atoms with Crippen molar-refractivity contribution in [1.82, 2.24) is 0 Å². The molecular weight excluding hydrogens is 288 g/mol. The fourth-order valence-corrected chi connectivity index (χ4v) is 1.51. The Morgan fingerprint density at radius 3 is 2.82 bits per heavy atom. The monoisotopic (exact) mass is 300 g/mol. The zero-order valence-corrected chi connectivity index (χ0v) is 11.2. The Kier molecular flexibility index (Phi) is 5.56. The minimum Gasteiger partial charge on any atom is -0.497 e. The van der Waals surface area contributed by atoms with Gasteiger partial charge in [-0.2, -0.15) is 0 Å². The van der Waals surface area contributed by atoms with E-state index >= 15 is 0 Å². The molecule has 0 saturated carbocycles. The second-order valence-corrected chi connectivity index (χ2v) is 3.82. The van der Waals surface area contributed by atoms with Gasteiger partial charge in [0.05, 0.1) is 30.5 Å². The molecule has 1 aromatic rings. The predicted molar refractivity (Wildman–Crippen MR) is 67.1 cm³/mol. The Labute approximate surface area is 108 Å². The van der Waals surface area contributed by atoms with Crippen LogP contribution < -0.4 is 9.47 Å². The maximum absolute atomic E-state index is 11.0. The van der Waals surface area contributed by atoms with Gasteiger partial charge in [-0.15, -0.1) is 0 Å². The molecule has 92 valence electrons. The normalized spacial score (nSPS) is 10.3. The van der Waals surface area contributed by atoms with Crippen LogP contribution in [0.5, 0.6) is 11.5 Å². The standard InChI is InChI=1S/C12H13BrO4/c1-3-16-12(14)6-7-17-11-5-4-9(15-2)8-10(11)13/h4-8H,3H2,1-2H3/b7-6+. The van der Waals surface area contributed by atoms with Crippen molar-refractivity contribution in [3.63, 3.8) is 0 Å². The molecule has 0 amide bonds. The highest BCUT2D eigenvalue weighted by atomic mass is 79.9. The summed E-state index contributed by atoms with van der Waals surface area (Å²) >= 11 is 3.33. The molecule has 0 aliphatic heterocycles. The number of hydrogen-bond donors (Lipinski definition) is 0. The summed E-state index contributed by atoms with van der Waals surface area (Å²) in [6, 6.07) is 5.27. The molecule has 0 aromatic heterocycles. The van der Waals surface area contributed by atoms with Gasteiger partial charge in [0.25, 0.3) is 0 Å². The highest BCUT2D eigenvalue weighted by Crippen LogP contribution is 2.29. The smallest absolute Gasteiger partial charge is 0.333 e. The molecule has 0 atom stereocenters. The number of hydrogen-bond acceptors (Lipinski definition) is 4. The van der Waals surface area contributed by atoms with Gasteiger partial charge in [0.15, 0.2) is 0 Å². The van der Waals surface area contributed by atoms with Crippen LogP contribution in [-0.4, -0.2) is 19.7 Å². The van der Waals surface area contributed by atoms with Gasteiger partial charge < -0.3 is 14.2 Å². The van der Waals surface area contributed by atoms with Crippen LogP contribution in [0.25, 0.3) is 0 Å². The second-order valence-electron chi connectivity index (χ2n) is 2.97. The summed E-state index contributed by atoms with van der Waals surface area (Å²) in [6.07, 6.45) is 2.50. The van der Waals surface area contributed by atoms with E-state index in [1.54, 1.807) is 32.2 Å². The predicted octanol–water partition coefficient (Wildman–Crippen LogP) is 2.91. The van der Waals surface area contributed by atoms with Crippen LogP contribution in [0.1, 0.15) is 6.92 Å². The van der Waals surface area contributed by atoms with E-state index in [1.165, 1.54) is 12.3 Å². The minimum atomic E-state index is -0.433. The van der Waals surface area contributed by atoms with Gasteiger partial charge in [-0.3, -0.25) is 0 Å². The van der Waals surface area contributed by atoms with Crippen LogP contribution in [-0.2, 0) is 9.53 Å². The number of rotatable bonds is 5. The number of benzene rings is 1. The summed E-state index contributed by atoms with van der Waals surface area (Å²) in [7, 11) is 1.59. The van der Waals surface area contributed by atoms with Gasteiger partial charge in [0.1, 0.15) is 11.5 Å². The molecule has 0 N–H and O–H groups in total. The number of methoxy groups -OCH3 is 1. The summed E-state index contributed by atoms with van der Waals surface area (Å²) < 4.78 is 15.8. The molecule has 0 radical (unpaired) electrons. The third-order valence-corrected chi connectivity index (χ3v) is 2.44. The molecule has 1 aromatic carbocycles. The maximum Gasteiger partial charge on any atom is 0.333 e. The van der Waals surface area contributed by atoms with Crippen LogP contribution in [0, 0.1) is 0 Å². The van der Waals surface area contributed by atoms with Crippen molar-refractivity contribution < 1.29 is 19.0 Å². The molecule has 0 unspecified atom stereocenters. The molecular formula is C12H13BrO4. The Morgan fingerprint density at radius 2 is 2.24 bits per heavy atom. The van der Waals surface area contributed by atoms with Gasteiger partial charge in [-0.05, 0) is 41.1 Å². The second kappa shape index (κ2) is 6.96. The van der Waals surface area contributed by atoms with E-state index < -0.39 is 5.97 Å². The van der Waals surface area contributed by atoms with E-state index in [2.05, 4.69) is 15.9 Å². The fraction of sp³-hybridized carbons (Fsp3) is 0.250. The first kappa shape index (κ1) is 13.6. The highest BCUT2D eigenvalue weighted by molar-refractivity contribution is 9.10. The Hall–Kier alpha value is -1.49.